The van der Waals surface area contributed by atoms with Crippen LogP contribution in [0.5, 0.6) is 5.75 Å². The van der Waals surface area contributed by atoms with Gasteiger partial charge in [-0.1, -0.05) is 72.8 Å². The Morgan fingerprint density at radius 2 is 1.29 bits per heavy atom. The molecular formula is C29H34N2O4. The molecule has 0 aliphatic rings. The Morgan fingerprint density at radius 3 is 1.86 bits per heavy atom. The Labute approximate surface area is 207 Å². The highest BCUT2D eigenvalue weighted by Crippen LogP contribution is 2.16. The Balaban J connectivity index is 1.71. The average Bonchev–Trinajstić information content (AvgIpc) is 2.87. The summed E-state index contributed by atoms with van der Waals surface area (Å²) < 4.78 is 11.3. The standard InChI is InChI=1S/C29H34N2O4/c1-21(2)35-25-16-14-23(15-17-25)19-27(29(33)34-20-24-12-8-5-9-13-24)31-28(32)26(30-3)18-22-10-6-4-7-11-22/h4-17,21,26-27,30H,18-20H2,1-3H3,(H,31,32)/t26-,27-/m0/s1. The summed E-state index contributed by atoms with van der Waals surface area (Å²) in [6, 6.07) is 25.5. The maximum Gasteiger partial charge on any atom is 0.329 e. The minimum absolute atomic E-state index is 0.0731. The maximum atomic E-state index is 13.1. The van der Waals surface area contributed by atoms with E-state index in [9.17, 15) is 9.59 Å². The van der Waals surface area contributed by atoms with Crippen LogP contribution in [0, 0.1) is 0 Å². The molecule has 3 aromatic carbocycles. The molecule has 3 aromatic rings. The lowest BCUT2D eigenvalue weighted by molar-refractivity contribution is -0.149. The van der Waals surface area contributed by atoms with Crippen molar-refractivity contribution in [3.8, 4) is 5.75 Å². The van der Waals surface area contributed by atoms with Gasteiger partial charge in [-0.15, -0.1) is 0 Å². The van der Waals surface area contributed by atoms with Gasteiger partial charge in [-0.05, 0) is 56.1 Å². The molecule has 0 bridgehead atoms. The molecule has 6 heteroatoms. The fourth-order valence-electron chi connectivity index (χ4n) is 3.68. The molecule has 184 valence electrons. The zero-order chi connectivity index (χ0) is 25.0. The van der Waals surface area contributed by atoms with Crippen molar-refractivity contribution in [2.24, 2.45) is 0 Å². The van der Waals surface area contributed by atoms with E-state index >= 15 is 0 Å². The second-order valence-electron chi connectivity index (χ2n) is 8.70. The smallest absolute Gasteiger partial charge is 0.329 e. The third kappa shape index (κ3) is 8.58. The fourth-order valence-corrected chi connectivity index (χ4v) is 3.68. The number of esters is 1. The van der Waals surface area contributed by atoms with Gasteiger partial charge >= 0.3 is 5.97 Å². The maximum absolute atomic E-state index is 13.1. The number of nitrogens with one attached hydrogen (secondary N) is 2. The van der Waals surface area contributed by atoms with Crippen LogP contribution < -0.4 is 15.4 Å². The lowest BCUT2D eigenvalue weighted by Crippen LogP contribution is -2.51. The van der Waals surface area contributed by atoms with Crippen LogP contribution in [0.25, 0.3) is 0 Å². The van der Waals surface area contributed by atoms with Gasteiger partial charge in [0.2, 0.25) is 5.91 Å². The first kappa shape index (κ1) is 26.0. The van der Waals surface area contributed by atoms with E-state index in [0.29, 0.717) is 12.8 Å². The first-order chi connectivity index (χ1) is 16.9. The second-order valence-corrected chi connectivity index (χ2v) is 8.70. The van der Waals surface area contributed by atoms with Gasteiger partial charge in [-0.25, -0.2) is 4.79 Å². The summed E-state index contributed by atoms with van der Waals surface area (Å²) in [6.45, 7) is 4.08. The van der Waals surface area contributed by atoms with Gasteiger partial charge in [0.1, 0.15) is 18.4 Å². The number of ether oxygens (including phenoxy) is 2. The summed E-state index contributed by atoms with van der Waals surface area (Å²) in [5, 5.41) is 5.97. The molecule has 0 aromatic heterocycles. The first-order valence-corrected chi connectivity index (χ1v) is 11.9. The highest BCUT2D eigenvalue weighted by Gasteiger charge is 2.26. The first-order valence-electron chi connectivity index (χ1n) is 11.9. The van der Waals surface area contributed by atoms with Crippen LogP contribution in [0.3, 0.4) is 0 Å². The monoisotopic (exact) mass is 474 g/mol. The van der Waals surface area contributed by atoms with Crippen molar-refractivity contribution in [3.63, 3.8) is 0 Å². The quantitative estimate of drug-likeness (QED) is 0.387. The molecule has 2 atom stereocenters. The Kier molecular flexibility index (Phi) is 9.87. The number of likely N-dealkylation sites (N-methyl/N-ethyl adjacent to an activating group) is 1. The topological polar surface area (TPSA) is 76.7 Å². The number of rotatable bonds is 12. The Bertz CT molecular complexity index is 1050. The summed E-state index contributed by atoms with van der Waals surface area (Å²) in [5.74, 6) is 0.0335. The van der Waals surface area contributed by atoms with E-state index in [4.69, 9.17) is 9.47 Å². The normalized spacial score (nSPS) is 12.6. The fraction of sp³-hybridized carbons (Fsp3) is 0.310. The Morgan fingerprint density at radius 1 is 0.743 bits per heavy atom. The molecule has 0 spiro atoms. The number of carbonyl (C=O) groups excluding carboxylic acids is 2. The zero-order valence-electron chi connectivity index (χ0n) is 20.6. The SMILES string of the molecule is CN[C@@H](Cc1ccccc1)C(=O)N[C@@H](Cc1ccc(OC(C)C)cc1)C(=O)OCc1ccccc1. The predicted molar refractivity (Wildman–Crippen MR) is 137 cm³/mol. The molecule has 0 aliphatic carbocycles. The lowest BCUT2D eigenvalue weighted by Gasteiger charge is -2.22. The van der Waals surface area contributed by atoms with E-state index in [-0.39, 0.29) is 18.6 Å². The molecule has 35 heavy (non-hydrogen) atoms. The van der Waals surface area contributed by atoms with Crippen LogP contribution in [0.15, 0.2) is 84.9 Å². The van der Waals surface area contributed by atoms with Gasteiger partial charge in [0.15, 0.2) is 0 Å². The van der Waals surface area contributed by atoms with E-state index in [2.05, 4.69) is 10.6 Å². The number of carbonyl (C=O) groups is 2. The zero-order valence-corrected chi connectivity index (χ0v) is 20.6. The van der Waals surface area contributed by atoms with Crippen LogP contribution in [0.4, 0.5) is 0 Å². The van der Waals surface area contributed by atoms with E-state index in [1.165, 1.54) is 0 Å². The molecule has 0 radical (unpaired) electrons. The second kappa shape index (κ2) is 13.3. The third-order valence-electron chi connectivity index (χ3n) is 5.51. The van der Waals surface area contributed by atoms with E-state index in [0.717, 1.165) is 22.4 Å². The Hall–Kier alpha value is -3.64. The van der Waals surface area contributed by atoms with Crippen LogP contribution in [-0.4, -0.2) is 37.1 Å². The van der Waals surface area contributed by atoms with Crippen LogP contribution in [-0.2, 0) is 33.8 Å². The molecular weight excluding hydrogens is 440 g/mol. The highest BCUT2D eigenvalue weighted by molar-refractivity contribution is 5.88. The lowest BCUT2D eigenvalue weighted by atomic mass is 10.0. The number of amides is 1. The van der Waals surface area contributed by atoms with Gasteiger partial charge in [0.25, 0.3) is 0 Å². The van der Waals surface area contributed by atoms with E-state index < -0.39 is 18.1 Å². The van der Waals surface area contributed by atoms with Crippen molar-refractivity contribution in [1.29, 1.82) is 0 Å². The average molecular weight is 475 g/mol. The van der Waals surface area contributed by atoms with E-state index in [1.807, 2.05) is 98.8 Å². The molecule has 0 saturated carbocycles. The van der Waals surface area contributed by atoms with Crippen molar-refractivity contribution < 1.29 is 19.1 Å². The molecule has 6 nitrogen and oxygen atoms in total. The van der Waals surface area contributed by atoms with Gasteiger partial charge in [0, 0.05) is 6.42 Å². The summed E-state index contributed by atoms with van der Waals surface area (Å²) in [6.07, 6.45) is 0.892. The molecule has 0 heterocycles. The van der Waals surface area contributed by atoms with Crippen LogP contribution in [0.1, 0.15) is 30.5 Å². The molecule has 3 rings (SSSR count). The van der Waals surface area contributed by atoms with Crippen LogP contribution in [0.2, 0.25) is 0 Å². The molecule has 2 N–H and O–H groups in total. The van der Waals surface area contributed by atoms with Crippen molar-refractivity contribution in [2.75, 3.05) is 7.05 Å². The minimum Gasteiger partial charge on any atom is -0.491 e. The number of hydrogen-bond acceptors (Lipinski definition) is 5. The largest absolute Gasteiger partial charge is 0.491 e. The summed E-state index contributed by atoms with van der Waals surface area (Å²) in [7, 11) is 1.74. The molecule has 0 unspecified atom stereocenters. The minimum atomic E-state index is -0.824. The summed E-state index contributed by atoms with van der Waals surface area (Å²) in [5.41, 5.74) is 2.82. The van der Waals surface area contributed by atoms with Gasteiger partial charge in [-0.3, -0.25) is 4.79 Å². The van der Waals surface area contributed by atoms with Crippen molar-refractivity contribution in [2.45, 2.75) is 51.5 Å². The van der Waals surface area contributed by atoms with Crippen LogP contribution >= 0.6 is 0 Å². The van der Waals surface area contributed by atoms with Crippen molar-refractivity contribution in [1.82, 2.24) is 10.6 Å². The van der Waals surface area contributed by atoms with E-state index in [1.54, 1.807) is 7.05 Å². The number of hydrogen-bond donors (Lipinski definition) is 2. The number of benzene rings is 3. The van der Waals surface area contributed by atoms with Gasteiger partial charge in [0.05, 0.1) is 12.1 Å². The molecule has 0 aliphatic heterocycles. The summed E-state index contributed by atoms with van der Waals surface area (Å²) in [4.78, 5) is 26.2. The predicted octanol–water partition coefficient (Wildman–Crippen LogP) is 4.08. The van der Waals surface area contributed by atoms with Gasteiger partial charge < -0.3 is 20.1 Å². The molecule has 1 amide bonds. The van der Waals surface area contributed by atoms with Crippen molar-refractivity contribution in [3.05, 3.63) is 102 Å². The highest BCUT2D eigenvalue weighted by atomic mass is 16.5. The summed E-state index contributed by atoms with van der Waals surface area (Å²) >= 11 is 0. The molecule has 0 saturated heterocycles. The third-order valence-corrected chi connectivity index (χ3v) is 5.51. The molecule has 0 fully saturated rings. The van der Waals surface area contributed by atoms with Crippen molar-refractivity contribution >= 4 is 11.9 Å². The van der Waals surface area contributed by atoms with Gasteiger partial charge in [-0.2, -0.15) is 0 Å².